The molecule has 0 bridgehead atoms. The molecule has 2 atom stereocenters. The van der Waals surface area contributed by atoms with Gasteiger partial charge in [0.1, 0.15) is 11.7 Å². The first kappa shape index (κ1) is 29.4. The summed E-state index contributed by atoms with van der Waals surface area (Å²) in [6.45, 7) is 18.0. The molecule has 4 heterocycles. The van der Waals surface area contributed by atoms with Crippen molar-refractivity contribution in [1.29, 1.82) is 0 Å². The van der Waals surface area contributed by atoms with Crippen molar-refractivity contribution in [3.8, 4) is 12.3 Å². The van der Waals surface area contributed by atoms with Crippen LogP contribution in [0.5, 0.6) is 0 Å². The molecular weight excluding hydrogens is 498 g/mol. The third kappa shape index (κ3) is 5.28. The lowest BCUT2D eigenvalue weighted by atomic mass is 9.86. The number of allylic oxidation sites excluding steroid dienone is 3. The van der Waals surface area contributed by atoms with E-state index in [1.54, 1.807) is 0 Å². The summed E-state index contributed by atoms with van der Waals surface area (Å²) in [6.07, 6.45) is 19.1. The Hall–Kier alpha value is -2.64. The zero-order valence-electron chi connectivity index (χ0n) is 25.0. The average molecular weight is 543 g/mol. The van der Waals surface area contributed by atoms with Crippen LogP contribution in [0.15, 0.2) is 47.6 Å². The molecule has 6 rings (SSSR count). The molecule has 2 unspecified atom stereocenters. The van der Waals surface area contributed by atoms with Crippen molar-refractivity contribution in [3.05, 3.63) is 59.0 Å². The monoisotopic (exact) mass is 542 g/mol. The number of carbonyl (C=O) groups is 1. The summed E-state index contributed by atoms with van der Waals surface area (Å²) >= 11 is 0. The minimum absolute atomic E-state index is 0.0832. The van der Waals surface area contributed by atoms with E-state index < -0.39 is 0 Å². The predicted octanol–water partition coefficient (Wildman–Crippen LogP) is 7.19. The molecule has 4 aliphatic rings. The number of fused-ring (bicyclic) bond motifs is 1. The summed E-state index contributed by atoms with van der Waals surface area (Å²) in [4.78, 5) is 20.5. The first-order chi connectivity index (χ1) is 18.7. The number of hydrogen-bond acceptors (Lipinski definition) is 3. The number of hydrogen-bond donors (Lipinski definition) is 0. The van der Waals surface area contributed by atoms with E-state index >= 15 is 0 Å². The van der Waals surface area contributed by atoms with Crippen LogP contribution in [-0.4, -0.2) is 44.4 Å². The van der Waals surface area contributed by atoms with Crippen molar-refractivity contribution in [2.24, 2.45) is 0 Å². The Labute approximate surface area is 237 Å². The van der Waals surface area contributed by atoms with Crippen LogP contribution in [0.1, 0.15) is 103 Å². The summed E-state index contributed by atoms with van der Waals surface area (Å²) in [6, 6.07) is 3.70. The van der Waals surface area contributed by atoms with Crippen molar-refractivity contribution in [3.63, 3.8) is 0 Å². The smallest absolute Gasteiger partial charge is 0.273 e. The van der Waals surface area contributed by atoms with Crippen LogP contribution < -0.4 is 5.44 Å². The molecule has 0 spiro atoms. The summed E-state index contributed by atoms with van der Waals surface area (Å²) in [7, 11) is 0.645. The standard InChI is InChI=1S/C28H32BN4OP.2C2H6/c1-6-22-20-11-9-7-8-10-18(20)14-15-32(22)26(34)21-16-23(19-12-13-19)33-24(30-21)17-25(31-33)35-29-27(2,3)28(29,4)5;2*1-2/h1,8-11,16-17,19,22,35H,7,12-15H2,2-5H3;2*1-2H3. The van der Waals surface area contributed by atoms with Crippen molar-refractivity contribution >= 4 is 31.9 Å². The normalized spacial score (nSPS) is 22.5. The Bertz CT molecular complexity index is 1360. The van der Waals surface area contributed by atoms with Gasteiger partial charge < -0.3 is 4.90 Å². The number of aromatic nitrogens is 3. The van der Waals surface area contributed by atoms with Crippen molar-refractivity contribution in [1.82, 2.24) is 19.5 Å². The molecule has 0 aromatic carbocycles. The average Bonchev–Trinajstić information content (AvgIpc) is 3.81. The molecule has 2 aliphatic carbocycles. The van der Waals surface area contributed by atoms with E-state index in [0.29, 0.717) is 43.7 Å². The Kier molecular flexibility index (Phi) is 8.63. The fraction of sp³-hybridized carbons (Fsp3) is 0.531. The molecule has 39 heavy (non-hydrogen) atoms. The van der Waals surface area contributed by atoms with Gasteiger partial charge in [-0.1, -0.05) is 96.2 Å². The van der Waals surface area contributed by atoms with Crippen LogP contribution >= 0.6 is 8.46 Å². The first-order valence-corrected chi connectivity index (χ1v) is 15.8. The highest BCUT2D eigenvalue weighted by Gasteiger charge is 2.67. The van der Waals surface area contributed by atoms with Crippen LogP contribution in [0.4, 0.5) is 0 Å². The molecule has 7 heteroatoms. The Morgan fingerprint density at radius 2 is 1.74 bits per heavy atom. The number of carbonyl (C=O) groups excluding carboxylic acids is 1. The minimum Gasteiger partial charge on any atom is -0.319 e. The van der Waals surface area contributed by atoms with E-state index in [1.807, 2.05) is 43.2 Å². The van der Waals surface area contributed by atoms with Crippen molar-refractivity contribution in [2.45, 2.75) is 104 Å². The molecular formula is C32H44BN4OP. The van der Waals surface area contributed by atoms with Gasteiger partial charge >= 0.3 is 0 Å². The quantitative estimate of drug-likeness (QED) is 0.234. The van der Waals surface area contributed by atoms with E-state index in [-0.39, 0.29) is 11.9 Å². The third-order valence-electron chi connectivity index (χ3n) is 8.89. The molecule has 1 saturated heterocycles. The van der Waals surface area contributed by atoms with Gasteiger partial charge in [0.2, 0.25) is 0 Å². The Morgan fingerprint density at radius 3 is 2.36 bits per heavy atom. The molecule has 2 fully saturated rings. The molecule has 2 aliphatic heterocycles. The second kappa shape index (κ2) is 11.5. The zero-order chi connectivity index (χ0) is 28.5. The van der Waals surface area contributed by atoms with E-state index in [1.165, 1.54) is 5.57 Å². The van der Waals surface area contributed by atoms with Crippen LogP contribution in [0.2, 0.25) is 10.6 Å². The predicted molar refractivity (Wildman–Crippen MR) is 168 cm³/mol. The molecule has 2 aromatic rings. The van der Waals surface area contributed by atoms with Gasteiger partial charge in [-0.2, -0.15) is 5.10 Å². The fourth-order valence-electron chi connectivity index (χ4n) is 5.82. The van der Waals surface area contributed by atoms with Crippen LogP contribution in [0.25, 0.3) is 5.65 Å². The summed E-state index contributed by atoms with van der Waals surface area (Å²) in [5, 5.41) is 5.62. The van der Waals surface area contributed by atoms with Crippen LogP contribution in [0.3, 0.4) is 0 Å². The molecule has 1 saturated carbocycles. The van der Waals surface area contributed by atoms with E-state index in [2.05, 4.69) is 64.0 Å². The van der Waals surface area contributed by atoms with Crippen LogP contribution in [0, 0.1) is 12.3 Å². The lowest BCUT2D eigenvalue weighted by molar-refractivity contribution is 0.0727. The van der Waals surface area contributed by atoms with Crippen molar-refractivity contribution in [2.75, 3.05) is 6.54 Å². The fourth-order valence-corrected chi connectivity index (χ4v) is 7.87. The third-order valence-corrected chi connectivity index (χ3v) is 11.2. The summed E-state index contributed by atoms with van der Waals surface area (Å²) in [5.74, 6) is 3.25. The second-order valence-corrected chi connectivity index (χ2v) is 12.9. The van der Waals surface area contributed by atoms with Gasteiger partial charge in [-0.15, -0.1) is 14.9 Å². The zero-order valence-corrected chi connectivity index (χ0v) is 26.0. The Balaban J connectivity index is 0.000000845. The van der Waals surface area contributed by atoms with E-state index in [0.717, 1.165) is 48.0 Å². The van der Waals surface area contributed by atoms with Crippen LogP contribution in [-0.2, 0) is 0 Å². The van der Waals surface area contributed by atoms with E-state index in [9.17, 15) is 4.79 Å². The number of nitrogens with zero attached hydrogens (tertiary/aromatic N) is 4. The number of terminal acetylenes is 1. The van der Waals surface area contributed by atoms with Gasteiger partial charge in [0.05, 0.1) is 5.44 Å². The minimum atomic E-state index is -0.367. The van der Waals surface area contributed by atoms with Crippen molar-refractivity contribution < 1.29 is 4.79 Å². The molecule has 0 N–H and O–H groups in total. The van der Waals surface area contributed by atoms with Gasteiger partial charge in [-0.3, -0.25) is 4.79 Å². The van der Waals surface area contributed by atoms with E-state index in [4.69, 9.17) is 16.5 Å². The summed E-state index contributed by atoms with van der Waals surface area (Å²) < 4.78 is 1.99. The molecule has 5 nitrogen and oxygen atoms in total. The summed E-state index contributed by atoms with van der Waals surface area (Å²) in [5.41, 5.74) is 5.76. The second-order valence-electron chi connectivity index (χ2n) is 11.5. The number of amides is 1. The topological polar surface area (TPSA) is 50.5 Å². The molecule has 206 valence electrons. The van der Waals surface area contributed by atoms with Gasteiger partial charge in [-0.25, -0.2) is 9.50 Å². The largest absolute Gasteiger partial charge is 0.319 e. The first-order valence-electron chi connectivity index (χ1n) is 14.7. The molecule has 0 radical (unpaired) electrons. The highest BCUT2D eigenvalue weighted by atomic mass is 31.1. The van der Waals surface area contributed by atoms with Gasteiger partial charge in [0.25, 0.3) is 5.91 Å². The number of rotatable bonds is 4. The lowest BCUT2D eigenvalue weighted by Gasteiger charge is -2.34. The maximum atomic E-state index is 13.8. The molecule has 1 amide bonds. The van der Waals surface area contributed by atoms with Gasteiger partial charge in [0.15, 0.2) is 12.1 Å². The highest BCUT2D eigenvalue weighted by Crippen LogP contribution is 2.78. The molecule has 2 aromatic heterocycles. The maximum Gasteiger partial charge on any atom is 0.273 e. The maximum absolute atomic E-state index is 13.8. The Morgan fingerprint density at radius 1 is 1.08 bits per heavy atom. The SMILES string of the molecule is C#CC1C2=C(C=CCC=C2)CCN1C(=O)c1cc(C2CC2)n2nc(PB3C(C)(C)C3(C)C)cc2n1.CC.CC. The van der Waals surface area contributed by atoms with Gasteiger partial charge in [-0.05, 0) is 42.9 Å². The lowest BCUT2D eigenvalue weighted by Crippen LogP contribution is -2.44. The highest BCUT2D eigenvalue weighted by molar-refractivity contribution is 7.85. The van der Waals surface area contributed by atoms with Gasteiger partial charge in [0, 0.05) is 24.2 Å².